The molecule has 8 heteroatoms. The molecule has 3 aliphatic rings. The number of fused-ring (bicyclic) bond motifs is 1. The fraction of sp³-hybridized carbons (Fsp3) is 0.276. The van der Waals surface area contributed by atoms with Crippen LogP contribution in [0.15, 0.2) is 60.7 Å². The number of anilines is 3. The number of hydrogen-bond donors (Lipinski definition) is 2. The third-order valence-corrected chi connectivity index (χ3v) is 7.45. The largest absolute Gasteiger partial charge is 0.506 e. The van der Waals surface area contributed by atoms with E-state index in [0.29, 0.717) is 35.1 Å². The molecule has 0 aliphatic carbocycles. The number of carbonyl (C=O) groups excluding carboxylic acids is 1. The van der Waals surface area contributed by atoms with E-state index in [9.17, 15) is 9.90 Å². The van der Waals surface area contributed by atoms with Gasteiger partial charge in [0, 0.05) is 54.2 Å². The van der Waals surface area contributed by atoms with E-state index in [1.165, 1.54) is 0 Å². The van der Waals surface area contributed by atoms with Crippen molar-refractivity contribution in [2.75, 3.05) is 67.7 Å². The fourth-order valence-electron chi connectivity index (χ4n) is 5.14. The zero-order chi connectivity index (χ0) is 25.4. The number of nitrogens with one attached hydrogen (secondary N) is 1. The SMILES string of the molecule is O=C1Nc2cc(Cl)c(-c3ccc(N4CCOCC4)cc3)cc2C1=C(O)c1cccc(N2CCOCC2)c1. The molecule has 3 aromatic carbocycles. The van der Waals surface area contributed by atoms with Gasteiger partial charge in [0.1, 0.15) is 5.76 Å². The summed E-state index contributed by atoms with van der Waals surface area (Å²) in [6, 6.07) is 19.5. The smallest absolute Gasteiger partial charge is 0.260 e. The van der Waals surface area contributed by atoms with E-state index in [2.05, 4.69) is 27.2 Å². The van der Waals surface area contributed by atoms with Crippen LogP contribution in [0.1, 0.15) is 11.1 Å². The number of carbonyl (C=O) groups is 1. The number of benzene rings is 3. The second-order valence-corrected chi connectivity index (χ2v) is 9.76. The summed E-state index contributed by atoms with van der Waals surface area (Å²) in [7, 11) is 0. The van der Waals surface area contributed by atoms with Crippen LogP contribution in [0.25, 0.3) is 22.5 Å². The van der Waals surface area contributed by atoms with Gasteiger partial charge in [-0.1, -0.05) is 35.9 Å². The van der Waals surface area contributed by atoms with E-state index in [1.807, 2.05) is 42.5 Å². The molecule has 0 atom stereocenters. The molecule has 2 saturated heterocycles. The first-order valence-corrected chi connectivity index (χ1v) is 12.9. The Labute approximate surface area is 220 Å². The highest BCUT2D eigenvalue weighted by Crippen LogP contribution is 2.42. The van der Waals surface area contributed by atoms with Crippen molar-refractivity contribution in [1.29, 1.82) is 0 Å². The molecule has 6 rings (SSSR count). The summed E-state index contributed by atoms with van der Waals surface area (Å²) < 4.78 is 10.9. The highest BCUT2D eigenvalue weighted by Gasteiger charge is 2.30. The average molecular weight is 518 g/mol. The van der Waals surface area contributed by atoms with Gasteiger partial charge in [0.05, 0.1) is 42.7 Å². The molecule has 0 bridgehead atoms. The molecule has 2 fully saturated rings. The van der Waals surface area contributed by atoms with Crippen molar-refractivity contribution in [3.05, 3.63) is 76.8 Å². The van der Waals surface area contributed by atoms with Crippen molar-refractivity contribution in [3.63, 3.8) is 0 Å². The van der Waals surface area contributed by atoms with E-state index >= 15 is 0 Å². The van der Waals surface area contributed by atoms with Crippen LogP contribution in [-0.4, -0.2) is 63.6 Å². The molecular weight excluding hydrogens is 490 g/mol. The Kier molecular flexibility index (Phi) is 6.50. The summed E-state index contributed by atoms with van der Waals surface area (Å²) >= 11 is 6.66. The van der Waals surface area contributed by atoms with Crippen molar-refractivity contribution in [1.82, 2.24) is 0 Å². The number of amides is 1. The van der Waals surface area contributed by atoms with Crippen molar-refractivity contribution >= 4 is 45.9 Å². The van der Waals surface area contributed by atoms with E-state index < -0.39 is 0 Å². The first-order chi connectivity index (χ1) is 18.1. The summed E-state index contributed by atoms with van der Waals surface area (Å²) in [6.07, 6.45) is 0. The average Bonchev–Trinajstić information content (AvgIpc) is 3.27. The zero-order valence-electron chi connectivity index (χ0n) is 20.4. The predicted octanol–water partition coefficient (Wildman–Crippen LogP) is 5.06. The van der Waals surface area contributed by atoms with Gasteiger partial charge in [-0.2, -0.15) is 0 Å². The van der Waals surface area contributed by atoms with Gasteiger partial charge < -0.3 is 29.7 Å². The monoisotopic (exact) mass is 517 g/mol. The Morgan fingerprint density at radius 2 is 1.46 bits per heavy atom. The molecule has 0 unspecified atom stereocenters. The van der Waals surface area contributed by atoms with Gasteiger partial charge in [0.15, 0.2) is 0 Å². The van der Waals surface area contributed by atoms with E-state index in [0.717, 1.165) is 61.9 Å². The normalized spacial score (nSPS) is 19.0. The molecule has 3 heterocycles. The third kappa shape index (κ3) is 4.66. The first kappa shape index (κ1) is 23.9. The van der Waals surface area contributed by atoms with Crippen LogP contribution in [0.4, 0.5) is 17.1 Å². The molecule has 0 saturated carbocycles. The maximum Gasteiger partial charge on any atom is 0.260 e. The molecule has 3 aliphatic heterocycles. The lowest BCUT2D eigenvalue weighted by molar-refractivity contribution is -0.110. The van der Waals surface area contributed by atoms with Crippen LogP contribution in [0.5, 0.6) is 0 Å². The summed E-state index contributed by atoms with van der Waals surface area (Å²) in [5.41, 5.74) is 5.94. The van der Waals surface area contributed by atoms with Gasteiger partial charge in [-0.05, 0) is 42.0 Å². The van der Waals surface area contributed by atoms with E-state index in [1.54, 1.807) is 6.07 Å². The Hall–Kier alpha value is -3.52. The minimum atomic E-state index is -0.347. The second kappa shape index (κ2) is 10.1. The summed E-state index contributed by atoms with van der Waals surface area (Å²) in [6.45, 7) is 6.11. The van der Waals surface area contributed by atoms with Crippen molar-refractivity contribution in [2.24, 2.45) is 0 Å². The number of aliphatic hydroxyl groups excluding tert-OH is 1. The number of ether oxygens (including phenoxy) is 2. The third-order valence-electron chi connectivity index (χ3n) is 7.14. The predicted molar refractivity (Wildman–Crippen MR) is 147 cm³/mol. The number of halogens is 1. The van der Waals surface area contributed by atoms with Crippen molar-refractivity contribution in [3.8, 4) is 11.1 Å². The summed E-state index contributed by atoms with van der Waals surface area (Å²) in [5, 5.41) is 14.7. The molecule has 1 amide bonds. The maximum absolute atomic E-state index is 13.0. The van der Waals surface area contributed by atoms with Gasteiger partial charge in [0.2, 0.25) is 0 Å². The lowest BCUT2D eigenvalue weighted by Crippen LogP contribution is -2.36. The minimum absolute atomic E-state index is 0.0534. The standard InChI is InChI=1S/C29H28ClN3O4/c30-25-18-26-24(17-23(25)19-4-6-21(7-5-19)32-8-12-36-13-9-32)27(29(35)31-26)28(34)20-2-1-3-22(16-20)33-10-14-37-15-11-33/h1-7,16-18,34H,8-15H2,(H,31,35). The number of morpholine rings is 2. The molecule has 190 valence electrons. The molecule has 2 N–H and O–H groups in total. The lowest BCUT2D eigenvalue weighted by Gasteiger charge is -2.29. The van der Waals surface area contributed by atoms with Gasteiger partial charge >= 0.3 is 0 Å². The number of rotatable bonds is 4. The van der Waals surface area contributed by atoms with Crippen molar-refractivity contribution in [2.45, 2.75) is 0 Å². The highest BCUT2D eigenvalue weighted by molar-refractivity contribution is 6.38. The van der Waals surface area contributed by atoms with E-state index in [4.69, 9.17) is 21.1 Å². The van der Waals surface area contributed by atoms with Gasteiger partial charge in [-0.15, -0.1) is 0 Å². The molecule has 37 heavy (non-hydrogen) atoms. The van der Waals surface area contributed by atoms with Crippen LogP contribution >= 0.6 is 11.6 Å². The van der Waals surface area contributed by atoms with Crippen LogP contribution in [0.2, 0.25) is 5.02 Å². The molecule has 0 aromatic heterocycles. The molecule has 0 spiro atoms. The van der Waals surface area contributed by atoms with E-state index in [-0.39, 0.29) is 17.2 Å². The summed E-state index contributed by atoms with van der Waals surface area (Å²) in [4.78, 5) is 17.5. The topological polar surface area (TPSA) is 74.3 Å². The molecule has 3 aromatic rings. The summed E-state index contributed by atoms with van der Waals surface area (Å²) in [5.74, 6) is -0.401. The Bertz CT molecular complexity index is 1360. The zero-order valence-corrected chi connectivity index (χ0v) is 21.1. The van der Waals surface area contributed by atoms with Gasteiger partial charge in [-0.3, -0.25) is 4.79 Å². The van der Waals surface area contributed by atoms with Gasteiger partial charge in [0.25, 0.3) is 5.91 Å². The second-order valence-electron chi connectivity index (χ2n) is 9.35. The Morgan fingerprint density at radius 1 is 0.811 bits per heavy atom. The van der Waals surface area contributed by atoms with Crippen LogP contribution < -0.4 is 15.1 Å². The van der Waals surface area contributed by atoms with Crippen molar-refractivity contribution < 1.29 is 19.4 Å². The first-order valence-electron chi connectivity index (χ1n) is 12.5. The molecule has 0 radical (unpaired) electrons. The fourth-order valence-corrected chi connectivity index (χ4v) is 5.41. The van der Waals surface area contributed by atoms with Crippen LogP contribution in [0, 0.1) is 0 Å². The van der Waals surface area contributed by atoms with Crippen LogP contribution in [-0.2, 0) is 14.3 Å². The lowest BCUT2D eigenvalue weighted by atomic mass is 9.97. The minimum Gasteiger partial charge on any atom is -0.506 e. The quantitative estimate of drug-likeness (QED) is 0.372. The number of aliphatic hydroxyl groups is 1. The molecule has 7 nitrogen and oxygen atoms in total. The number of nitrogens with zero attached hydrogens (tertiary/aromatic N) is 2. The Morgan fingerprint density at radius 3 is 2.14 bits per heavy atom. The highest BCUT2D eigenvalue weighted by atomic mass is 35.5. The maximum atomic E-state index is 13.0. The number of hydrogen-bond acceptors (Lipinski definition) is 6. The van der Waals surface area contributed by atoms with Crippen LogP contribution in [0.3, 0.4) is 0 Å². The molecular formula is C29H28ClN3O4. The Balaban J connectivity index is 1.35. The van der Waals surface area contributed by atoms with Gasteiger partial charge in [-0.25, -0.2) is 0 Å².